The first-order chi connectivity index (χ1) is 18.4. The molecule has 38 heavy (non-hydrogen) atoms. The SMILES string of the molecule is COc1ccc(Cc2nc(-c3ccc(NC(=O)c4cccc(CN5CCS(=O)(=O)CC5)c4)cc3)n[nH]2)cc1. The Labute approximate surface area is 221 Å². The number of hydrogen-bond donors (Lipinski definition) is 2. The van der Waals surface area contributed by atoms with Gasteiger partial charge in [0.2, 0.25) is 0 Å². The van der Waals surface area contributed by atoms with Gasteiger partial charge in [-0.1, -0.05) is 24.3 Å². The highest BCUT2D eigenvalue weighted by atomic mass is 32.2. The second kappa shape index (κ2) is 11.2. The van der Waals surface area contributed by atoms with E-state index in [2.05, 4.69) is 25.4 Å². The van der Waals surface area contributed by atoms with Crippen LogP contribution in [0.1, 0.15) is 27.3 Å². The number of aromatic nitrogens is 3. The van der Waals surface area contributed by atoms with Crippen molar-refractivity contribution in [3.05, 3.63) is 95.3 Å². The van der Waals surface area contributed by atoms with Crippen molar-refractivity contribution in [1.29, 1.82) is 0 Å². The zero-order valence-electron chi connectivity index (χ0n) is 21.1. The van der Waals surface area contributed by atoms with Crippen molar-refractivity contribution in [2.75, 3.05) is 37.0 Å². The predicted octanol–water partition coefficient (Wildman–Crippen LogP) is 3.55. The molecule has 0 unspecified atom stereocenters. The fraction of sp³-hybridized carbons (Fsp3) is 0.250. The summed E-state index contributed by atoms with van der Waals surface area (Å²) in [5.74, 6) is 2.31. The smallest absolute Gasteiger partial charge is 0.255 e. The molecule has 2 N–H and O–H groups in total. The minimum atomic E-state index is -2.92. The maximum atomic E-state index is 12.9. The summed E-state index contributed by atoms with van der Waals surface area (Å²) in [7, 11) is -1.28. The number of nitrogens with zero attached hydrogens (tertiary/aromatic N) is 3. The van der Waals surface area contributed by atoms with E-state index in [0.29, 0.717) is 43.1 Å². The van der Waals surface area contributed by atoms with Crippen LogP contribution >= 0.6 is 0 Å². The molecule has 5 rings (SSSR count). The lowest BCUT2D eigenvalue weighted by Gasteiger charge is -2.26. The standard InChI is InChI=1S/C28H29N5O4S/c1-37-25-11-5-20(6-12-25)18-26-30-27(32-31-26)22-7-9-24(10-8-22)29-28(34)23-4-2-3-21(17-23)19-33-13-15-38(35,36)16-14-33/h2-12,17H,13-16,18-19H2,1H3,(H,29,34)(H,30,31,32). The van der Waals surface area contributed by atoms with Gasteiger partial charge in [-0.25, -0.2) is 13.4 Å². The molecule has 0 bridgehead atoms. The molecular weight excluding hydrogens is 502 g/mol. The van der Waals surface area contributed by atoms with E-state index < -0.39 is 9.84 Å². The maximum absolute atomic E-state index is 12.9. The van der Waals surface area contributed by atoms with E-state index in [4.69, 9.17) is 4.74 Å². The Morgan fingerprint density at radius 3 is 2.45 bits per heavy atom. The lowest BCUT2D eigenvalue weighted by molar-refractivity contribution is 0.102. The number of H-pyrrole nitrogens is 1. The molecule has 0 aliphatic carbocycles. The highest BCUT2D eigenvalue weighted by Crippen LogP contribution is 2.20. The lowest BCUT2D eigenvalue weighted by atomic mass is 10.1. The monoisotopic (exact) mass is 531 g/mol. The van der Waals surface area contributed by atoms with Gasteiger partial charge >= 0.3 is 0 Å². The highest BCUT2D eigenvalue weighted by molar-refractivity contribution is 7.91. The zero-order valence-corrected chi connectivity index (χ0v) is 21.9. The average Bonchev–Trinajstić information content (AvgIpc) is 3.39. The van der Waals surface area contributed by atoms with Crippen molar-refractivity contribution in [2.45, 2.75) is 13.0 Å². The molecule has 1 amide bonds. The van der Waals surface area contributed by atoms with Crippen LogP contribution in [-0.4, -0.2) is 66.1 Å². The van der Waals surface area contributed by atoms with Gasteiger partial charge in [-0.15, -0.1) is 0 Å². The molecule has 1 aliphatic rings. The minimum Gasteiger partial charge on any atom is -0.497 e. The summed E-state index contributed by atoms with van der Waals surface area (Å²) in [6, 6.07) is 22.6. The summed E-state index contributed by atoms with van der Waals surface area (Å²) < 4.78 is 28.5. The first kappa shape index (κ1) is 25.6. The highest BCUT2D eigenvalue weighted by Gasteiger charge is 2.21. The second-order valence-corrected chi connectivity index (χ2v) is 11.6. The number of hydrogen-bond acceptors (Lipinski definition) is 7. The van der Waals surface area contributed by atoms with Crippen LogP contribution < -0.4 is 10.1 Å². The van der Waals surface area contributed by atoms with E-state index in [-0.39, 0.29) is 17.4 Å². The fourth-order valence-corrected chi connectivity index (χ4v) is 5.60. The Balaban J connectivity index is 1.18. The van der Waals surface area contributed by atoms with Gasteiger partial charge in [0.05, 0.1) is 18.6 Å². The van der Waals surface area contributed by atoms with E-state index in [9.17, 15) is 13.2 Å². The van der Waals surface area contributed by atoms with Gasteiger partial charge in [0.25, 0.3) is 5.91 Å². The molecule has 10 heteroatoms. The van der Waals surface area contributed by atoms with E-state index in [1.807, 2.05) is 66.7 Å². The average molecular weight is 532 g/mol. The van der Waals surface area contributed by atoms with Gasteiger partial charge in [-0.05, 0) is 59.7 Å². The third kappa shape index (κ3) is 6.45. The number of nitrogens with one attached hydrogen (secondary N) is 2. The summed E-state index contributed by atoms with van der Waals surface area (Å²) in [5.41, 5.74) is 4.13. The van der Waals surface area contributed by atoms with Gasteiger partial charge in [0, 0.05) is 42.9 Å². The molecular formula is C28H29N5O4S. The van der Waals surface area contributed by atoms with Crippen molar-refractivity contribution in [2.24, 2.45) is 0 Å². The predicted molar refractivity (Wildman–Crippen MR) is 146 cm³/mol. The molecule has 3 aromatic carbocycles. The summed E-state index contributed by atoms with van der Waals surface area (Å²) >= 11 is 0. The van der Waals surface area contributed by atoms with Crippen molar-refractivity contribution in [1.82, 2.24) is 20.1 Å². The van der Waals surface area contributed by atoms with Gasteiger partial charge < -0.3 is 10.1 Å². The number of methoxy groups -OCH3 is 1. The molecule has 0 radical (unpaired) electrons. The molecule has 4 aromatic rings. The van der Waals surface area contributed by atoms with Crippen LogP contribution in [0, 0.1) is 0 Å². The van der Waals surface area contributed by atoms with Crippen LogP contribution in [0.3, 0.4) is 0 Å². The number of rotatable bonds is 8. The summed E-state index contributed by atoms with van der Waals surface area (Å²) in [6.45, 7) is 1.64. The number of ether oxygens (including phenoxy) is 1. The molecule has 0 atom stereocenters. The molecule has 2 heterocycles. The van der Waals surface area contributed by atoms with Crippen molar-refractivity contribution >= 4 is 21.4 Å². The molecule has 1 fully saturated rings. The van der Waals surface area contributed by atoms with Gasteiger partial charge in [0.15, 0.2) is 15.7 Å². The molecule has 1 aliphatic heterocycles. The Kier molecular flexibility index (Phi) is 7.52. The Morgan fingerprint density at radius 1 is 1.00 bits per heavy atom. The topological polar surface area (TPSA) is 117 Å². The Morgan fingerprint density at radius 2 is 1.74 bits per heavy atom. The first-order valence-corrected chi connectivity index (χ1v) is 14.2. The normalized spacial score (nSPS) is 15.2. The summed E-state index contributed by atoms with van der Waals surface area (Å²) in [5, 5.41) is 10.3. The zero-order chi connectivity index (χ0) is 26.5. The number of sulfone groups is 1. The number of aromatic amines is 1. The van der Waals surface area contributed by atoms with Crippen LogP contribution in [0.15, 0.2) is 72.8 Å². The van der Waals surface area contributed by atoms with Crippen molar-refractivity contribution < 1.29 is 17.9 Å². The minimum absolute atomic E-state index is 0.181. The summed E-state index contributed by atoms with van der Waals surface area (Å²) in [4.78, 5) is 19.6. The number of amides is 1. The second-order valence-electron chi connectivity index (χ2n) is 9.29. The van der Waals surface area contributed by atoms with E-state index >= 15 is 0 Å². The van der Waals surface area contributed by atoms with Crippen LogP contribution in [0.25, 0.3) is 11.4 Å². The summed E-state index contributed by atoms with van der Waals surface area (Å²) in [6.07, 6.45) is 0.626. The molecule has 0 spiro atoms. The van der Waals surface area contributed by atoms with Gasteiger partial charge in [0.1, 0.15) is 11.6 Å². The fourth-order valence-electron chi connectivity index (χ4n) is 4.32. The molecule has 196 valence electrons. The molecule has 1 aromatic heterocycles. The lowest BCUT2D eigenvalue weighted by Crippen LogP contribution is -2.39. The molecule has 9 nitrogen and oxygen atoms in total. The number of benzene rings is 3. The first-order valence-electron chi connectivity index (χ1n) is 12.3. The number of carbonyl (C=O) groups is 1. The van der Waals surface area contributed by atoms with Gasteiger partial charge in [-0.2, -0.15) is 5.10 Å². The Bertz CT molecular complexity index is 1500. The number of carbonyl (C=O) groups excluding carboxylic acids is 1. The van der Waals surface area contributed by atoms with Gasteiger partial charge in [-0.3, -0.25) is 14.8 Å². The number of anilines is 1. The van der Waals surface area contributed by atoms with Crippen LogP contribution in [0.4, 0.5) is 5.69 Å². The van der Waals surface area contributed by atoms with E-state index in [0.717, 1.165) is 28.3 Å². The third-order valence-electron chi connectivity index (χ3n) is 6.50. The Hall–Kier alpha value is -4.02. The van der Waals surface area contributed by atoms with Crippen molar-refractivity contribution in [3.63, 3.8) is 0 Å². The van der Waals surface area contributed by atoms with Crippen LogP contribution in [0.5, 0.6) is 5.75 Å². The van der Waals surface area contributed by atoms with E-state index in [1.165, 1.54) is 0 Å². The van der Waals surface area contributed by atoms with E-state index in [1.54, 1.807) is 13.2 Å². The van der Waals surface area contributed by atoms with Crippen LogP contribution in [-0.2, 0) is 22.8 Å². The van der Waals surface area contributed by atoms with Crippen molar-refractivity contribution in [3.8, 4) is 17.1 Å². The largest absolute Gasteiger partial charge is 0.497 e. The maximum Gasteiger partial charge on any atom is 0.255 e. The quantitative estimate of drug-likeness (QED) is 0.357. The third-order valence-corrected chi connectivity index (χ3v) is 8.10. The molecule has 1 saturated heterocycles. The van der Waals surface area contributed by atoms with Crippen LogP contribution in [0.2, 0.25) is 0 Å². The molecule has 0 saturated carbocycles.